The van der Waals surface area contributed by atoms with Crippen LogP contribution in [0.3, 0.4) is 0 Å². The molecule has 2 unspecified atom stereocenters. The van der Waals surface area contributed by atoms with Crippen LogP contribution in [-0.4, -0.2) is 41.8 Å². The summed E-state index contributed by atoms with van der Waals surface area (Å²) in [5, 5.41) is 13.2. The van der Waals surface area contributed by atoms with E-state index in [9.17, 15) is 5.11 Å². The number of likely N-dealkylation sites (tertiary alicyclic amines) is 1. The summed E-state index contributed by atoms with van der Waals surface area (Å²) in [4.78, 5) is 2.30. The van der Waals surface area contributed by atoms with E-state index in [1.807, 2.05) is 18.2 Å². The molecule has 1 aromatic carbocycles. The van der Waals surface area contributed by atoms with Crippen molar-refractivity contribution in [2.45, 2.75) is 31.5 Å². The Labute approximate surface area is 103 Å². The van der Waals surface area contributed by atoms with Gasteiger partial charge < -0.3 is 15.3 Å². The number of hydrogen-bond acceptors (Lipinski definition) is 3. The molecule has 0 spiro atoms. The Morgan fingerprint density at radius 1 is 1.41 bits per heavy atom. The molecule has 0 aliphatic carbocycles. The summed E-state index contributed by atoms with van der Waals surface area (Å²) in [5.41, 5.74) is 1.13. The zero-order valence-electron chi connectivity index (χ0n) is 10.7. The summed E-state index contributed by atoms with van der Waals surface area (Å²) < 4.78 is 0. The van der Waals surface area contributed by atoms with Gasteiger partial charge in [0.2, 0.25) is 0 Å². The fourth-order valence-corrected chi connectivity index (χ4v) is 2.60. The lowest BCUT2D eigenvalue weighted by atomic mass is 9.97. The van der Waals surface area contributed by atoms with Crippen LogP contribution in [-0.2, 0) is 6.54 Å². The van der Waals surface area contributed by atoms with Crippen molar-refractivity contribution in [1.82, 2.24) is 10.2 Å². The molecule has 0 aromatic heterocycles. The van der Waals surface area contributed by atoms with Crippen LogP contribution < -0.4 is 5.32 Å². The fourth-order valence-electron chi connectivity index (χ4n) is 2.60. The highest BCUT2D eigenvalue weighted by Crippen LogP contribution is 2.25. The van der Waals surface area contributed by atoms with Crippen molar-refractivity contribution >= 4 is 0 Å². The van der Waals surface area contributed by atoms with Crippen molar-refractivity contribution < 1.29 is 5.11 Å². The van der Waals surface area contributed by atoms with E-state index in [-0.39, 0.29) is 12.1 Å². The summed E-state index contributed by atoms with van der Waals surface area (Å²) in [7, 11) is 2.12. The van der Waals surface area contributed by atoms with Crippen LogP contribution in [0.25, 0.3) is 0 Å². The Balaban J connectivity index is 1.97. The van der Waals surface area contributed by atoms with Crippen LogP contribution in [0.1, 0.15) is 18.9 Å². The molecule has 2 rings (SSSR count). The first kappa shape index (κ1) is 12.6. The van der Waals surface area contributed by atoms with Crippen molar-refractivity contribution in [3.8, 4) is 0 Å². The minimum atomic E-state index is -0.135. The molecular weight excluding hydrogens is 212 g/mol. The maximum atomic E-state index is 9.64. The standard InChI is InChI=1S/C14H22N2O/c1-12-8-14(11-17,10-16(12)2)15-9-13-6-4-3-5-7-13/h3-7,12,15,17H,8-11H2,1-2H3. The average Bonchev–Trinajstić information content (AvgIpc) is 2.65. The molecule has 17 heavy (non-hydrogen) atoms. The molecule has 1 heterocycles. The van der Waals surface area contributed by atoms with E-state index in [2.05, 4.69) is 36.3 Å². The predicted octanol–water partition coefficient (Wildman–Crippen LogP) is 1.23. The second kappa shape index (κ2) is 5.17. The molecule has 0 bridgehead atoms. The number of rotatable bonds is 4. The molecule has 2 atom stereocenters. The van der Waals surface area contributed by atoms with E-state index in [4.69, 9.17) is 0 Å². The Bertz CT molecular complexity index is 342. The van der Waals surface area contributed by atoms with Gasteiger partial charge in [-0.25, -0.2) is 0 Å². The summed E-state index contributed by atoms with van der Waals surface area (Å²) >= 11 is 0. The van der Waals surface area contributed by atoms with Crippen LogP contribution >= 0.6 is 0 Å². The molecule has 1 saturated heterocycles. The third-order valence-electron chi connectivity index (χ3n) is 3.80. The number of aliphatic hydroxyl groups is 1. The maximum Gasteiger partial charge on any atom is 0.0626 e. The molecule has 3 nitrogen and oxygen atoms in total. The fraction of sp³-hybridized carbons (Fsp3) is 0.571. The van der Waals surface area contributed by atoms with E-state index >= 15 is 0 Å². The number of nitrogens with zero attached hydrogens (tertiary/aromatic N) is 1. The lowest BCUT2D eigenvalue weighted by Crippen LogP contribution is -2.49. The van der Waals surface area contributed by atoms with Crippen LogP contribution in [0.15, 0.2) is 30.3 Å². The maximum absolute atomic E-state index is 9.64. The highest BCUT2D eigenvalue weighted by Gasteiger charge is 2.39. The third-order valence-corrected chi connectivity index (χ3v) is 3.80. The van der Waals surface area contributed by atoms with Gasteiger partial charge in [0.15, 0.2) is 0 Å². The monoisotopic (exact) mass is 234 g/mol. The van der Waals surface area contributed by atoms with Crippen molar-refractivity contribution in [3.63, 3.8) is 0 Å². The summed E-state index contributed by atoms with van der Waals surface area (Å²) in [6, 6.07) is 10.9. The average molecular weight is 234 g/mol. The molecule has 1 aliphatic rings. The molecule has 0 saturated carbocycles. The molecule has 0 radical (unpaired) electrons. The summed E-state index contributed by atoms with van der Waals surface area (Å²) in [6.07, 6.45) is 1.01. The van der Waals surface area contributed by atoms with E-state index in [1.54, 1.807) is 0 Å². The minimum Gasteiger partial charge on any atom is -0.394 e. The molecule has 2 N–H and O–H groups in total. The van der Waals surface area contributed by atoms with Crippen LogP contribution in [0, 0.1) is 0 Å². The van der Waals surface area contributed by atoms with Gasteiger partial charge in [-0.15, -0.1) is 0 Å². The minimum absolute atomic E-state index is 0.135. The van der Waals surface area contributed by atoms with E-state index < -0.39 is 0 Å². The molecule has 3 heteroatoms. The zero-order valence-corrected chi connectivity index (χ0v) is 10.7. The lowest BCUT2D eigenvalue weighted by Gasteiger charge is -2.28. The Kier molecular flexibility index (Phi) is 3.82. The number of hydrogen-bond donors (Lipinski definition) is 2. The third kappa shape index (κ3) is 2.86. The Morgan fingerprint density at radius 2 is 2.12 bits per heavy atom. The second-order valence-electron chi connectivity index (χ2n) is 5.25. The Morgan fingerprint density at radius 3 is 2.65 bits per heavy atom. The molecule has 0 amide bonds. The van der Waals surface area contributed by atoms with Crippen molar-refractivity contribution in [2.24, 2.45) is 0 Å². The second-order valence-corrected chi connectivity index (χ2v) is 5.25. The van der Waals surface area contributed by atoms with Gasteiger partial charge in [-0.05, 0) is 26.0 Å². The highest BCUT2D eigenvalue weighted by molar-refractivity contribution is 5.15. The van der Waals surface area contributed by atoms with Gasteiger partial charge in [0.05, 0.1) is 12.1 Å². The van der Waals surface area contributed by atoms with Gasteiger partial charge in [0, 0.05) is 19.1 Å². The topological polar surface area (TPSA) is 35.5 Å². The highest BCUT2D eigenvalue weighted by atomic mass is 16.3. The summed E-state index contributed by atoms with van der Waals surface area (Å²) in [5.74, 6) is 0. The Hall–Kier alpha value is -0.900. The van der Waals surface area contributed by atoms with E-state index in [0.29, 0.717) is 6.04 Å². The number of nitrogens with one attached hydrogen (secondary N) is 1. The van der Waals surface area contributed by atoms with Gasteiger partial charge >= 0.3 is 0 Å². The molecule has 94 valence electrons. The molecule has 1 aromatic rings. The number of benzene rings is 1. The van der Waals surface area contributed by atoms with Gasteiger partial charge in [-0.3, -0.25) is 0 Å². The summed E-state index contributed by atoms with van der Waals surface area (Å²) in [6.45, 7) is 4.15. The van der Waals surface area contributed by atoms with Crippen LogP contribution in [0.5, 0.6) is 0 Å². The molecule has 1 fully saturated rings. The van der Waals surface area contributed by atoms with Crippen molar-refractivity contribution in [3.05, 3.63) is 35.9 Å². The number of aliphatic hydroxyl groups excluding tert-OH is 1. The smallest absolute Gasteiger partial charge is 0.0626 e. The predicted molar refractivity (Wildman–Crippen MR) is 69.8 cm³/mol. The van der Waals surface area contributed by atoms with Crippen LogP contribution in [0.2, 0.25) is 0 Å². The molecule has 1 aliphatic heterocycles. The lowest BCUT2D eigenvalue weighted by molar-refractivity contribution is 0.163. The first-order valence-electron chi connectivity index (χ1n) is 6.25. The van der Waals surface area contributed by atoms with E-state index in [0.717, 1.165) is 19.5 Å². The van der Waals surface area contributed by atoms with Gasteiger partial charge in [-0.1, -0.05) is 30.3 Å². The van der Waals surface area contributed by atoms with Gasteiger partial charge in [0.1, 0.15) is 0 Å². The van der Waals surface area contributed by atoms with Crippen molar-refractivity contribution in [2.75, 3.05) is 20.2 Å². The normalized spacial score (nSPS) is 29.7. The van der Waals surface area contributed by atoms with Crippen LogP contribution in [0.4, 0.5) is 0 Å². The van der Waals surface area contributed by atoms with Gasteiger partial charge in [0.25, 0.3) is 0 Å². The van der Waals surface area contributed by atoms with E-state index in [1.165, 1.54) is 5.56 Å². The molecular formula is C14H22N2O. The van der Waals surface area contributed by atoms with Crippen molar-refractivity contribution in [1.29, 1.82) is 0 Å². The SMILES string of the molecule is CC1CC(CO)(NCc2ccccc2)CN1C. The zero-order chi connectivity index (χ0) is 12.3. The first-order valence-corrected chi connectivity index (χ1v) is 6.25. The quantitative estimate of drug-likeness (QED) is 0.822. The largest absolute Gasteiger partial charge is 0.394 e. The first-order chi connectivity index (χ1) is 8.15. The number of likely N-dealkylation sites (N-methyl/N-ethyl adjacent to an activating group) is 1. The van der Waals surface area contributed by atoms with Gasteiger partial charge in [-0.2, -0.15) is 0 Å².